The van der Waals surface area contributed by atoms with Crippen LogP contribution in [0.5, 0.6) is 0 Å². The maximum atomic E-state index is 11.8. The van der Waals surface area contributed by atoms with E-state index < -0.39 is 0 Å². The number of hydrogen-bond acceptors (Lipinski definition) is 2. The van der Waals surface area contributed by atoms with E-state index >= 15 is 0 Å². The van der Waals surface area contributed by atoms with Crippen LogP contribution in [0, 0.1) is 0 Å². The summed E-state index contributed by atoms with van der Waals surface area (Å²) in [6, 6.07) is 1.21. The first-order valence-corrected chi connectivity index (χ1v) is 5.15. The lowest BCUT2D eigenvalue weighted by Gasteiger charge is -2.22. The van der Waals surface area contributed by atoms with Gasteiger partial charge in [0.2, 0.25) is 0 Å². The van der Waals surface area contributed by atoms with Crippen LogP contribution in [0.4, 0.5) is 0 Å². The average molecular weight is 251 g/mol. The number of nitrogens with one attached hydrogen (secondary N) is 1. The lowest BCUT2D eigenvalue weighted by molar-refractivity contribution is 0.0677. The molecule has 0 aliphatic carbocycles. The Hall–Kier alpha value is -0.710. The molecule has 1 rings (SSSR count). The largest absolute Gasteiger partial charge is 0.394 e. The summed E-state index contributed by atoms with van der Waals surface area (Å²) in [6.07, 6.45) is 0. The third kappa shape index (κ3) is 2.65. The van der Waals surface area contributed by atoms with Gasteiger partial charge in [0.05, 0.1) is 17.7 Å². The maximum Gasteiger partial charge on any atom is 0.270 e. The number of hydrogen-bond donors (Lipinski definition) is 2. The number of carbonyl (C=O) groups is 1. The molecule has 0 bridgehead atoms. The van der Waals surface area contributed by atoms with E-state index in [1.54, 1.807) is 14.0 Å². The fraction of sp³-hybridized carbons (Fsp3) is 0.444. The van der Waals surface area contributed by atoms with E-state index in [9.17, 15) is 4.79 Å². The zero-order chi connectivity index (χ0) is 11.6. The van der Waals surface area contributed by atoms with Gasteiger partial charge in [-0.25, -0.2) is 0 Å². The lowest BCUT2D eigenvalue weighted by Crippen LogP contribution is -2.37. The summed E-state index contributed by atoms with van der Waals surface area (Å²) in [5.41, 5.74) is 0.313. The molecule has 1 heterocycles. The number of halogens is 2. The van der Waals surface area contributed by atoms with Gasteiger partial charge in [0.25, 0.3) is 5.91 Å². The number of aliphatic hydroxyl groups is 1. The van der Waals surface area contributed by atoms with Gasteiger partial charge in [-0.15, -0.1) is 0 Å². The van der Waals surface area contributed by atoms with Crippen molar-refractivity contribution in [3.05, 3.63) is 21.9 Å². The van der Waals surface area contributed by atoms with Crippen LogP contribution in [0.1, 0.15) is 17.4 Å². The topological polar surface area (TPSA) is 56.3 Å². The molecule has 0 saturated carbocycles. The highest BCUT2D eigenvalue weighted by Gasteiger charge is 2.19. The van der Waals surface area contributed by atoms with Gasteiger partial charge in [0.15, 0.2) is 0 Å². The monoisotopic (exact) mass is 250 g/mol. The zero-order valence-corrected chi connectivity index (χ0v) is 9.93. The summed E-state index contributed by atoms with van der Waals surface area (Å²) in [4.78, 5) is 15.9. The van der Waals surface area contributed by atoms with Gasteiger partial charge in [-0.1, -0.05) is 23.2 Å². The number of carbonyl (C=O) groups excluding carboxylic acids is 1. The van der Waals surface area contributed by atoms with E-state index in [1.807, 2.05) is 0 Å². The predicted octanol–water partition coefficient (Wildman–Crippen LogP) is 1.77. The molecular formula is C9H12Cl2N2O2. The number of aromatic amines is 1. The Morgan fingerprint density at radius 1 is 1.67 bits per heavy atom. The third-order valence-electron chi connectivity index (χ3n) is 2.20. The summed E-state index contributed by atoms with van der Waals surface area (Å²) in [7, 11) is 1.60. The fourth-order valence-corrected chi connectivity index (χ4v) is 1.34. The first kappa shape index (κ1) is 12.4. The Bertz CT molecular complexity index is 345. The highest BCUT2D eigenvalue weighted by molar-refractivity contribution is 6.41. The molecule has 0 aliphatic heterocycles. The lowest BCUT2D eigenvalue weighted by atomic mass is 10.3. The summed E-state index contributed by atoms with van der Waals surface area (Å²) >= 11 is 11.4. The van der Waals surface area contributed by atoms with Crippen LogP contribution < -0.4 is 0 Å². The van der Waals surface area contributed by atoms with E-state index in [2.05, 4.69) is 4.98 Å². The zero-order valence-electron chi connectivity index (χ0n) is 8.42. The molecule has 2 N–H and O–H groups in total. The first-order valence-electron chi connectivity index (χ1n) is 4.39. The van der Waals surface area contributed by atoms with Crippen molar-refractivity contribution in [2.45, 2.75) is 13.0 Å². The number of likely N-dealkylation sites (N-methyl/N-ethyl adjacent to an activating group) is 1. The number of aliphatic hydroxyl groups excluding tert-OH is 1. The number of aromatic nitrogens is 1. The summed E-state index contributed by atoms with van der Waals surface area (Å²) in [5, 5.41) is 9.46. The van der Waals surface area contributed by atoms with Crippen molar-refractivity contribution >= 4 is 29.1 Å². The van der Waals surface area contributed by atoms with E-state index in [4.69, 9.17) is 28.3 Å². The molecule has 0 aromatic carbocycles. The summed E-state index contributed by atoms with van der Waals surface area (Å²) in [6.45, 7) is 1.65. The second kappa shape index (κ2) is 4.88. The van der Waals surface area contributed by atoms with Gasteiger partial charge < -0.3 is 15.0 Å². The standard InChI is InChI=1S/C9H12Cl2N2O2/c1-5(4-14)13(2)9(15)7-3-6(10)8(11)12-7/h3,5,12,14H,4H2,1-2H3. The van der Waals surface area contributed by atoms with Crippen LogP contribution >= 0.6 is 23.2 Å². The van der Waals surface area contributed by atoms with Crippen LogP contribution in [-0.4, -0.2) is 40.6 Å². The number of rotatable bonds is 3. The van der Waals surface area contributed by atoms with E-state index in [-0.39, 0.29) is 23.7 Å². The van der Waals surface area contributed by atoms with Gasteiger partial charge in [0, 0.05) is 7.05 Å². The molecule has 1 amide bonds. The molecule has 6 heteroatoms. The molecule has 0 fully saturated rings. The van der Waals surface area contributed by atoms with Crippen molar-refractivity contribution in [1.29, 1.82) is 0 Å². The molecule has 84 valence electrons. The highest BCUT2D eigenvalue weighted by atomic mass is 35.5. The average Bonchev–Trinajstić information content (AvgIpc) is 2.56. The molecular weight excluding hydrogens is 239 g/mol. The molecule has 0 spiro atoms. The fourth-order valence-electron chi connectivity index (χ4n) is 1.03. The van der Waals surface area contributed by atoms with E-state index in [0.717, 1.165) is 0 Å². The van der Waals surface area contributed by atoms with Crippen LogP contribution in [0.2, 0.25) is 10.2 Å². The normalized spacial score (nSPS) is 12.6. The van der Waals surface area contributed by atoms with Crippen molar-refractivity contribution in [2.24, 2.45) is 0 Å². The minimum Gasteiger partial charge on any atom is -0.394 e. The number of H-pyrrole nitrogens is 1. The molecule has 0 saturated heterocycles. The maximum absolute atomic E-state index is 11.8. The summed E-state index contributed by atoms with van der Waals surface area (Å²) < 4.78 is 0. The van der Waals surface area contributed by atoms with Gasteiger partial charge in [-0.05, 0) is 13.0 Å². The number of nitrogens with zero attached hydrogens (tertiary/aromatic N) is 1. The Morgan fingerprint density at radius 3 is 2.67 bits per heavy atom. The van der Waals surface area contributed by atoms with Crippen LogP contribution in [-0.2, 0) is 0 Å². The molecule has 15 heavy (non-hydrogen) atoms. The second-order valence-electron chi connectivity index (χ2n) is 3.29. The Labute approximate surface area is 97.8 Å². The van der Waals surface area contributed by atoms with Crippen molar-refractivity contribution < 1.29 is 9.90 Å². The minimum absolute atomic E-state index is 0.0928. The molecule has 0 aliphatic rings. The van der Waals surface area contributed by atoms with Crippen LogP contribution in [0.25, 0.3) is 0 Å². The SMILES string of the molecule is CC(CO)N(C)C(=O)c1cc(Cl)c(Cl)[nH]1. The van der Waals surface area contributed by atoms with Gasteiger partial charge >= 0.3 is 0 Å². The molecule has 1 atom stereocenters. The molecule has 1 aromatic heterocycles. The van der Waals surface area contributed by atoms with Crippen molar-refractivity contribution in [3.63, 3.8) is 0 Å². The van der Waals surface area contributed by atoms with Crippen molar-refractivity contribution in [3.8, 4) is 0 Å². The van der Waals surface area contributed by atoms with Crippen LogP contribution in [0.3, 0.4) is 0 Å². The quantitative estimate of drug-likeness (QED) is 0.860. The van der Waals surface area contributed by atoms with Gasteiger partial charge in [-0.2, -0.15) is 0 Å². The Morgan fingerprint density at radius 2 is 2.27 bits per heavy atom. The Balaban J connectivity index is 2.85. The number of amides is 1. The van der Waals surface area contributed by atoms with E-state index in [1.165, 1.54) is 11.0 Å². The predicted molar refractivity (Wildman–Crippen MR) is 59.5 cm³/mol. The minimum atomic E-state index is -0.259. The highest BCUT2D eigenvalue weighted by Crippen LogP contribution is 2.22. The second-order valence-corrected chi connectivity index (χ2v) is 4.08. The molecule has 0 radical (unpaired) electrons. The van der Waals surface area contributed by atoms with Crippen LogP contribution in [0.15, 0.2) is 6.07 Å². The molecule has 4 nitrogen and oxygen atoms in total. The Kier molecular flexibility index (Phi) is 4.02. The van der Waals surface area contributed by atoms with Gasteiger partial charge in [0.1, 0.15) is 10.8 Å². The smallest absolute Gasteiger partial charge is 0.270 e. The third-order valence-corrected chi connectivity index (χ3v) is 2.89. The molecule has 1 unspecified atom stereocenters. The first-order chi connectivity index (χ1) is 6.97. The van der Waals surface area contributed by atoms with Crippen molar-refractivity contribution in [2.75, 3.05) is 13.7 Å². The van der Waals surface area contributed by atoms with Crippen molar-refractivity contribution in [1.82, 2.24) is 9.88 Å². The molecule has 1 aromatic rings. The summed E-state index contributed by atoms with van der Waals surface area (Å²) in [5.74, 6) is -0.259. The van der Waals surface area contributed by atoms with E-state index in [0.29, 0.717) is 10.7 Å². The van der Waals surface area contributed by atoms with Gasteiger partial charge in [-0.3, -0.25) is 4.79 Å².